The summed E-state index contributed by atoms with van der Waals surface area (Å²) in [5.41, 5.74) is -0.542. The van der Waals surface area contributed by atoms with E-state index in [2.05, 4.69) is 14.8 Å². The van der Waals surface area contributed by atoms with E-state index in [1.165, 1.54) is 6.92 Å². The Bertz CT molecular complexity index is 940. The maximum Gasteiger partial charge on any atom is 0.396 e. The van der Waals surface area contributed by atoms with Crippen LogP contribution in [0.3, 0.4) is 0 Å². The lowest BCUT2D eigenvalue weighted by Crippen LogP contribution is -2.17. The molecule has 1 aromatic carbocycles. The number of aromatic nitrogens is 3. The lowest BCUT2D eigenvalue weighted by Gasteiger charge is -2.09. The Morgan fingerprint density at radius 2 is 2.00 bits per heavy atom. The molecule has 2 rings (SSSR count). The number of primary sulfonamides is 1. The highest BCUT2D eigenvalue weighted by molar-refractivity contribution is 7.89. The van der Waals surface area contributed by atoms with Crippen molar-refractivity contribution in [3.8, 4) is 5.69 Å². The second kappa shape index (κ2) is 6.99. The van der Waals surface area contributed by atoms with Crippen molar-refractivity contribution in [2.45, 2.75) is 24.4 Å². The van der Waals surface area contributed by atoms with Crippen LogP contribution >= 0.6 is 0 Å². The van der Waals surface area contributed by atoms with E-state index in [0.717, 1.165) is 12.1 Å². The Kier molecular flexibility index (Phi) is 5.32. The maximum atomic E-state index is 14.2. The number of nitrogens with two attached hydrogens (primary N) is 1. The van der Waals surface area contributed by atoms with Crippen LogP contribution < -0.4 is 5.14 Å². The maximum absolute atomic E-state index is 14.2. The average Bonchev–Trinajstić information content (AvgIpc) is 2.88. The fourth-order valence-corrected chi connectivity index (χ4v) is 2.47. The molecule has 2 N–H and O–H groups in total. The standard InChI is InChI=1S/C13H12F4N4O4S/c1-2-25-12(22)11-19-10(6-13(15,16)17)21(20-11)9-4-3-7(5-8(9)14)26(18,23)24/h3-5H,2,6H2,1H3,(H2,18,23,24). The van der Waals surface area contributed by atoms with Gasteiger partial charge in [-0.3, -0.25) is 0 Å². The zero-order valence-electron chi connectivity index (χ0n) is 13.1. The smallest absolute Gasteiger partial charge is 0.396 e. The zero-order chi connectivity index (χ0) is 19.7. The number of carbonyl (C=O) groups is 1. The summed E-state index contributed by atoms with van der Waals surface area (Å²) < 4.78 is 79.9. The predicted octanol–water partition coefficient (Wildman–Crippen LogP) is 1.34. The number of rotatable bonds is 5. The van der Waals surface area contributed by atoms with Crippen LogP contribution in [0.1, 0.15) is 23.4 Å². The van der Waals surface area contributed by atoms with Gasteiger partial charge >= 0.3 is 12.1 Å². The van der Waals surface area contributed by atoms with Gasteiger partial charge in [0.05, 0.1) is 11.5 Å². The monoisotopic (exact) mass is 396 g/mol. The van der Waals surface area contributed by atoms with Crippen LogP contribution in [0, 0.1) is 5.82 Å². The number of hydrogen-bond donors (Lipinski definition) is 1. The molecule has 0 saturated carbocycles. The molecule has 0 radical (unpaired) electrons. The summed E-state index contributed by atoms with van der Waals surface area (Å²) >= 11 is 0. The van der Waals surface area contributed by atoms with Gasteiger partial charge in [-0.2, -0.15) is 13.2 Å². The Morgan fingerprint density at radius 3 is 2.50 bits per heavy atom. The number of ether oxygens (including phenoxy) is 1. The number of halogens is 4. The van der Waals surface area contributed by atoms with E-state index in [4.69, 9.17) is 5.14 Å². The second-order valence-corrected chi connectivity index (χ2v) is 6.50. The Balaban J connectivity index is 2.58. The molecule has 0 atom stereocenters. The van der Waals surface area contributed by atoms with Crippen LogP contribution in [0.5, 0.6) is 0 Å². The molecule has 26 heavy (non-hydrogen) atoms. The average molecular weight is 396 g/mol. The fraction of sp³-hybridized carbons (Fsp3) is 0.308. The Hall–Kier alpha value is -2.54. The van der Waals surface area contributed by atoms with Gasteiger partial charge in [-0.05, 0) is 25.1 Å². The van der Waals surface area contributed by atoms with Crippen molar-refractivity contribution in [3.05, 3.63) is 35.7 Å². The highest BCUT2D eigenvalue weighted by Crippen LogP contribution is 2.24. The summed E-state index contributed by atoms with van der Waals surface area (Å²) in [5, 5.41) is 8.41. The largest absolute Gasteiger partial charge is 0.460 e. The van der Waals surface area contributed by atoms with Gasteiger partial charge in [0.1, 0.15) is 23.7 Å². The molecule has 2 aromatic rings. The number of carbonyl (C=O) groups excluding carboxylic acids is 1. The number of sulfonamides is 1. The third-order valence-electron chi connectivity index (χ3n) is 2.97. The first-order valence-corrected chi connectivity index (χ1v) is 8.49. The normalized spacial score (nSPS) is 12.2. The van der Waals surface area contributed by atoms with E-state index in [-0.39, 0.29) is 6.61 Å². The summed E-state index contributed by atoms with van der Waals surface area (Å²) in [6.45, 7) is 1.40. The molecular formula is C13H12F4N4O4S. The molecule has 0 fully saturated rings. The molecule has 0 amide bonds. The van der Waals surface area contributed by atoms with E-state index in [1.807, 2.05) is 0 Å². The van der Waals surface area contributed by atoms with Crippen molar-refractivity contribution >= 4 is 16.0 Å². The minimum Gasteiger partial charge on any atom is -0.460 e. The van der Waals surface area contributed by atoms with Gasteiger partial charge in [-0.25, -0.2) is 32.4 Å². The molecule has 1 heterocycles. The van der Waals surface area contributed by atoms with E-state index in [1.54, 1.807) is 0 Å². The fourth-order valence-electron chi connectivity index (χ4n) is 1.95. The number of esters is 1. The third kappa shape index (κ3) is 4.54. The molecular weight excluding hydrogens is 384 g/mol. The minimum absolute atomic E-state index is 0.0700. The van der Waals surface area contributed by atoms with E-state index in [9.17, 15) is 30.8 Å². The number of alkyl halides is 3. The van der Waals surface area contributed by atoms with Crippen molar-refractivity contribution in [1.29, 1.82) is 0 Å². The molecule has 13 heteroatoms. The summed E-state index contributed by atoms with van der Waals surface area (Å²) in [7, 11) is -4.22. The van der Waals surface area contributed by atoms with Gasteiger partial charge in [0.15, 0.2) is 0 Å². The number of hydrogen-bond acceptors (Lipinski definition) is 6. The molecule has 0 unspecified atom stereocenters. The summed E-state index contributed by atoms with van der Waals surface area (Å²) in [5.74, 6) is -3.78. The molecule has 0 bridgehead atoms. The van der Waals surface area contributed by atoms with Crippen LogP contribution in [0.25, 0.3) is 5.69 Å². The van der Waals surface area contributed by atoms with Gasteiger partial charge in [0.25, 0.3) is 5.82 Å². The Morgan fingerprint density at radius 1 is 1.35 bits per heavy atom. The summed E-state index contributed by atoms with van der Waals surface area (Å²) in [4.78, 5) is 14.5. The lowest BCUT2D eigenvalue weighted by atomic mass is 10.3. The lowest BCUT2D eigenvalue weighted by molar-refractivity contribution is -0.128. The van der Waals surface area contributed by atoms with Crippen LogP contribution in [-0.4, -0.2) is 41.9 Å². The number of benzene rings is 1. The quantitative estimate of drug-likeness (QED) is 0.602. The second-order valence-electron chi connectivity index (χ2n) is 4.93. The molecule has 8 nitrogen and oxygen atoms in total. The Labute approximate surface area is 144 Å². The van der Waals surface area contributed by atoms with E-state index in [0.29, 0.717) is 10.7 Å². The van der Waals surface area contributed by atoms with Crippen molar-refractivity contribution in [2.75, 3.05) is 6.61 Å². The molecule has 0 aliphatic carbocycles. The SMILES string of the molecule is CCOC(=O)c1nc(CC(F)(F)F)n(-c2ccc(S(N)(=O)=O)cc2F)n1. The summed E-state index contributed by atoms with van der Waals surface area (Å²) in [6, 6.07) is 2.27. The first kappa shape index (κ1) is 19.8. The van der Waals surface area contributed by atoms with Crippen LogP contribution in [-0.2, 0) is 21.2 Å². The van der Waals surface area contributed by atoms with Gasteiger partial charge in [-0.15, -0.1) is 5.10 Å². The molecule has 0 aliphatic heterocycles. The number of nitrogens with zero attached hydrogens (tertiary/aromatic N) is 3. The van der Waals surface area contributed by atoms with Gasteiger partial charge < -0.3 is 4.74 Å². The third-order valence-corrected chi connectivity index (χ3v) is 3.88. The van der Waals surface area contributed by atoms with Gasteiger partial charge in [0.2, 0.25) is 10.0 Å². The molecule has 0 aliphatic rings. The van der Waals surface area contributed by atoms with Crippen LogP contribution in [0.2, 0.25) is 0 Å². The van der Waals surface area contributed by atoms with Gasteiger partial charge in [-0.1, -0.05) is 0 Å². The first-order chi connectivity index (χ1) is 11.9. The van der Waals surface area contributed by atoms with Crippen molar-refractivity contribution in [2.24, 2.45) is 5.14 Å². The molecule has 0 spiro atoms. The van der Waals surface area contributed by atoms with Crippen molar-refractivity contribution in [1.82, 2.24) is 14.8 Å². The highest BCUT2D eigenvalue weighted by Gasteiger charge is 2.33. The topological polar surface area (TPSA) is 117 Å². The van der Waals surface area contributed by atoms with Crippen LogP contribution in [0.15, 0.2) is 23.1 Å². The van der Waals surface area contributed by atoms with E-state index >= 15 is 0 Å². The summed E-state index contributed by atoms with van der Waals surface area (Å²) in [6.07, 6.45) is -6.32. The van der Waals surface area contributed by atoms with Crippen LogP contribution in [0.4, 0.5) is 17.6 Å². The van der Waals surface area contributed by atoms with Crippen molar-refractivity contribution < 1.29 is 35.5 Å². The molecule has 1 aromatic heterocycles. The van der Waals surface area contributed by atoms with Gasteiger partial charge in [0, 0.05) is 0 Å². The predicted molar refractivity (Wildman–Crippen MR) is 78.4 cm³/mol. The molecule has 0 saturated heterocycles. The van der Waals surface area contributed by atoms with E-state index < -0.39 is 56.6 Å². The molecule has 142 valence electrons. The minimum atomic E-state index is -4.71. The highest BCUT2D eigenvalue weighted by atomic mass is 32.2. The zero-order valence-corrected chi connectivity index (χ0v) is 13.9. The first-order valence-electron chi connectivity index (χ1n) is 6.95. The van der Waals surface area contributed by atoms with Crippen molar-refractivity contribution in [3.63, 3.8) is 0 Å².